The van der Waals surface area contributed by atoms with Gasteiger partial charge in [-0.05, 0) is 81.0 Å². The predicted molar refractivity (Wildman–Crippen MR) is 129 cm³/mol. The van der Waals surface area contributed by atoms with Gasteiger partial charge in [-0.25, -0.2) is 4.98 Å². The molecular weight excluding hydrogens is 428 g/mol. The van der Waals surface area contributed by atoms with Gasteiger partial charge in [0.05, 0.1) is 16.1 Å². The summed E-state index contributed by atoms with van der Waals surface area (Å²) in [7, 11) is 4.18. The topological polar surface area (TPSA) is 73.7 Å². The lowest BCUT2D eigenvalue weighted by Crippen LogP contribution is -2.12. The van der Waals surface area contributed by atoms with Crippen molar-refractivity contribution in [3.8, 4) is 22.8 Å². The second-order valence-corrected chi connectivity index (χ2v) is 9.66. The van der Waals surface area contributed by atoms with Gasteiger partial charge in [0.2, 0.25) is 5.78 Å². The molecule has 3 rings (SSSR count). The molecule has 0 fully saturated rings. The van der Waals surface area contributed by atoms with Gasteiger partial charge < -0.3 is 15.1 Å². The molecule has 31 heavy (non-hydrogen) atoms. The number of carbonyl (C=O) groups excluding carboxylic acids is 1. The number of benzene rings is 1. The largest absolute Gasteiger partial charge is 0.504 e. The first-order chi connectivity index (χ1) is 15.0. The number of unbranched alkanes of at least 4 members (excludes halogenated alkanes) is 3. The molecule has 1 aromatic carbocycles. The summed E-state index contributed by atoms with van der Waals surface area (Å²) in [6.07, 6.45) is 4.61. The van der Waals surface area contributed by atoms with E-state index in [2.05, 4.69) is 19.0 Å². The van der Waals surface area contributed by atoms with Crippen molar-refractivity contribution in [3.63, 3.8) is 0 Å². The number of ketones is 1. The number of hydrogen-bond donors (Lipinski definition) is 2. The maximum Gasteiger partial charge on any atom is 0.205 e. The zero-order chi connectivity index (χ0) is 22.2. The van der Waals surface area contributed by atoms with E-state index >= 15 is 0 Å². The summed E-state index contributed by atoms with van der Waals surface area (Å²) < 4.78 is 0. The van der Waals surface area contributed by atoms with Crippen molar-refractivity contribution in [3.05, 3.63) is 58.3 Å². The molecule has 0 unspecified atom stereocenters. The van der Waals surface area contributed by atoms with E-state index < -0.39 is 0 Å². The summed E-state index contributed by atoms with van der Waals surface area (Å²) in [5.41, 5.74) is 1.95. The van der Waals surface area contributed by atoms with E-state index in [-0.39, 0.29) is 17.3 Å². The van der Waals surface area contributed by atoms with Gasteiger partial charge in [-0.2, -0.15) is 0 Å². The van der Waals surface area contributed by atoms with Crippen LogP contribution in [0.3, 0.4) is 0 Å². The Balaban J connectivity index is 1.75. The molecule has 0 bridgehead atoms. The van der Waals surface area contributed by atoms with Crippen LogP contribution in [0.1, 0.15) is 40.9 Å². The third-order valence-corrected chi connectivity index (χ3v) is 6.81. The summed E-state index contributed by atoms with van der Waals surface area (Å²) in [4.78, 5) is 20.6. The van der Waals surface area contributed by atoms with Gasteiger partial charge in [-0.1, -0.05) is 18.9 Å². The molecule has 3 aromatic rings. The number of hydrogen-bond acceptors (Lipinski definition) is 7. The monoisotopic (exact) mass is 456 g/mol. The zero-order valence-corrected chi connectivity index (χ0v) is 19.5. The standard InChI is InChI=1S/C24H28N2O3S2/c1-26(2)13-5-3-4-6-14-31-24-18(23(29)22-8-7-15-30-22)10-11-19(25-24)17-9-12-20(27)21(28)16-17/h7-12,15-16,27-28H,3-6,13-14H2,1-2H3. The molecule has 0 spiro atoms. The average molecular weight is 457 g/mol. The van der Waals surface area contributed by atoms with Crippen molar-refractivity contribution in [1.82, 2.24) is 9.88 Å². The quantitative estimate of drug-likeness (QED) is 0.168. The van der Waals surface area contributed by atoms with Crippen LogP contribution in [0, 0.1) is 0 Å². The number of pyridine rings is 1. The number of aromatic nitrogens is 1. The van der Waals surface area contributed by atoms with E-state index in [0.717, 1.165) is 25.1 Å². The van der Waals surface area contributed by atoms with E-state index in [0.29, 0.717) is 26.7 Å². The third kappa shape index (κ3) is 6.56. The predicted octanol–water partition coefficient (Wildman–Crippen LogP) is 5.67. The Hall–Kier alpha value is -2.35. The second kappa shape index (κ2) is 11.3. The van der Waals surface area contributed by atoms with Crippen LogP contribution in [0.25, 0.3) is 11.3 Å². The van der Waals surface area contributed by atoms with Crippen LogP contribution in [0.2, 0.25) is 0 Å². The zero-order valence-electron chi connectivity index (χ0n) is 17.9. The van der Waals surface area contributed by atoms with Crippen LogP contribution < -0.4 is 0 Å². The summed E-state index contributed by atoms with van der Waals surface area (Å²) in [5.74, 6) is 0.516. The molecule has 0 saturated carbocycles. The molecule has 2 N–H and O–H groups in total. The molecule has 0 aliphatic rings. The van der Waals surface area contributed by atoms with Crippen LogP contribution in [0.15, 0.2) is 52.9 Å². The Bertz CT molecular complexity index is 1000. The summed E-state index contributed by atoms with van der Waals surface area (Å²) in [6, 6.07) is 11.9. The fraction of sp³-hybridized carbons (Fsp3) is 0.333. The van der Waals surface area contributed by atoms with E-state index in [9.17, 15) is 15.0 Å². The number of phenols is 2. The lowest BCUT2D eigenvalue weighted by Gasteiger charge is -2.11. The number of nitrogens with zero attached hydrogens (tertiary/aromatic N) is 2. The summed E-state index contributed by atoms with van der Waals surface area (Å²) in [6.45, 7) is 1.11. The highest BCUT2D eigenvalue weighted by atomic mass is 32.2. The molecule has 2 heterocycles. The van der Waals surface area contributed by atoms with Crippen LogP contribution in [0.4, 0.5) is 0 Å². The molecule has 0 radical (unpaired) electrons. The number of phenolic OH excluding ortho intramolecular Hbond substituents is 2. The van der Waals surface area contributed by atoms with Gasteiger partial charge in [0.1, 0.15) is 5.03 Å². The molecule has 5 nitrogen and oxygen atoms in total. The Morgan fingerprint density at radius 3 is 2.55 bits per heavy atom. The maximum atomic E-state index is 13.0. The molecule has 0 aliphatic carbocycles. The van der Waals surface area contributed by atoms with Crippen LogP contribution >= 0.6 is 23.1 Å². The number of carbonyl (C=O) groups is 1. The number of thioether (sulfide) groups is 1. The van der Waals surface area contributed by atoms with Crippen LogP contribution in [0.5, 0.6) is 11.5 Å². The number of aromatic hydroxyl groups is 2. The van der Waals surface area contributed by atoms with Crippen molar-refractivity contribution in [2.24, 2.45) is 0 Å². The Morgan fingerprint density at radius 1 is 1.03 bits per heavy atom. The molecule has 2 aromatic heterocycles. The van der Waals surface area contributed by atoms with Crippen molar-refractivity contribution in [1.29, 1.82) is 0 Å². The van der Waals surface area contributed by atoms with Gasteiger partial charge in [-0.15, -0.1) is 23.1 Å². The lowest BCUT2D eigenvalue weighted by atomic mass is 10.1. The SMILES string of the molecule is CN(C)CCCCCCSc1nc(-c2ccc(O)c(O)c2)ccc1C(=O)c1cccs1. The highest BCUT2D eigenvalue weighted by molar-refractivity contribution is 7.99. The van der Waals surface area contributed by atoms with E-state index in [1.807, 2.05) is 23.6 Å². The second-order valence-electron chi connectivity index (χ2n) is 7.63. The fourth-order valence-electron chi connectivity index (χ4n) is 3.16. The minimum atomic E-state index is -0.190. The van der Waals surface area contributed by atoms with Gasteiger partial charge in [0, 0.05) is 5.56 Å². The number of rotatable bonds is 11. The van der Waals surface area contributed by atoms with Gasteiger partial charge in [0.25, 0.3) is 0 Å². The van der Waals surface area contributed by atoms with Crippen molar-refractivity contribution < 1.29 is 15.0 Å². The van der Waals surface area contributed by atoms with Crippen LogP contribution in [-0.2, 0) is 0 Å². The van der Waals surface area contributed by atoms with Crippen molar-refractivity contribution in [2.45, 2.75) is 30.7 Å². The lowest BCUT2D eigenvalue weighted by molar-refractivity contribution is 0.103. The Kier molecular flexibility index (Phi) is 8.51. The highest BCUT2D eigenvalue weighted by Crippen LogP contribution is 2.32. The number of thiophene rings is 1. The van der Waals surface area contributed by atoms with Gasteiger partial charge in [0.15, 0.2) is 11.5 Å². The maximum absolute atomic E-state index is 13.0. The Morgan fingerprint density at radius 2 is 1.84 bits per heavy atom. The molecular formula is C24H28N2O3S2. The first-order valence-corrected chi connectivity index (χ1v) is 12.2. The third-order valence-electron chi connectivity index (χ3n) is 4.86. The minimum Gasteiger partial charge on any atom is -0.504 e. The smallest absolute Gasteiger partial charge is 0.205 e. The minimum absolute atomic E-state index is 0.0175. The highest BCUT2D eigenvalue weighted by Gasteiger charge is 2.18. The molecule has 0 amide bonds. The first-order valence-electron chi connectivity index (χ1n) is 10.3. The molecule has 164 valence electrons. The van der Waals surface area contributed by atoms with Crippen molar-refractivity contribution in [2.75, 3.05) is 26.4 Å². The normalized spacial score (nSPS) is 11.2. The van der Waals surface area contributed by atoms with Gasteiger partial charge >= 0.3 is 0 Å². The Labute approximate surface area is 191 Å². The van der Waals surface area contributed by atoms with E-state index in [1.165, 1.54) is 36.3 Å². The first kappa shape index (κ1) is 23.3. The molecule has 0 aliphatic heterocycles. The van der Waals surface area contributed by atoms with E-state index in [1.54, 1.807) is 23.9 Å². The molecule has 7 heteroatoms. The summed E-state index contributed by atoms with van der Waals surface area (Å²) >= 11 is 3.03. The van der Waals surface area contributed by atoms with E-state index in [4.69, 9.17) is 4.98 Å². The molecule has 0 atom stereocenters. The fourth-order valence-corrected chi connectivity index (χ4v) is 4.86. The summed E-state index contributed by atoms with van der Waals surface area (Å²) in [5, 5.41) is 22.0. The molecule has 0 saturated heterocycles. The van der Waals surface area contributed by atoms with Crippen molar-refractivity contribution >= 4 is 28.9 Å². The average Bonchev–Trinajstić information content (AvgIpc) is 3.29. The van der Waals surface area contributed by atoms with Gasteiger partial charge in [-0.3, -0.25) is 4.79 Å². The van der Waals surface area contributed by atoms with Crippen LogP contribution in [-0.4, -0.2) is 52.3 Å².